The van der Waals surface area contributed by atoms with Crippen LogP contribution in [0.15, 0.2) is 110 Å². The van der Waals surface area contributed by atoms with Gasteiger partial charge in [-0.15, -0.1) is 0 Å². The quantitative estimate of drug-likeness (QED) is 0.0454. The zero-order valence-corrected chi connectivity index (χ0v) is 46.6. The molecule has 2 saturated heterocycles. The Labute approximate surface area is 433 Å². The van der Waals surface area contributed by atoms with E-state index in [0.29, 0.717) is 22.6 Å². The average Bonchev–Trinajstić information content (AvgIpc) is 3.97. The molecule has 0 radical (unpaired) electrons. The van der Waals surface area contributed by atoms with Gasteiger partial charge in [-0.05, 0) is 93.7 Å². The minimum atomic E-state index is -5.01. The van der Waals surface area contributed by atoms with Crippen LogP contribution in [0.25, 0.3) is 0 Å². The number of nitrogens with zero attached hydrogens (tertiary/aromatic N) is 2. The van der Waals surface area contributed by atoms with Gasteiger partial charge in [0.1, 0.15) is 35.7 Å². The first-order chi connectivity index (χ1) is 35.0. The molecule has 0 amide bonds. The summed E-state index contributed by atoms with van der Waals surface area (Å²) in [6, 6.07) is 23.3. The van der Waals surface area contributed by atoms with Crippen LogP contribution in [-0.4, -0.2) is 98.8 Å². The van der Waals surface area contributed by atoms with Gasteiger partial charge >= 0.3 is 11.4 Å². The van der Waals surface area contributed by atoms with Gasteiger partial charge in [-0.3, -0.25) is 38.3 Å². The highest BCUT2D eigenvalue weighted by Crippen LogP contribution is 2.47. The van der Waals surface area contributed by atoms with Crippen LogP contribution >= 0.6 is 7.75 Å². The summed E-state index contributed by atoms with van der Waals surface area (Å²) >= 11 is 0. The van der Waals surface area contributed by atoms with Gasteiger partial charge in [0.15, 0.2) is 8.32 Å². The first-order valence-corrected chi connectivity index (χ1v) is 29.6. The van der Waals surface area contributed by atoms with Crippen LogP contribution in [-0.2, 0) is 33.3 Å². The maximum absolute atomic E-state index is 14.2. The summed E-state index contributed by atoms with van der Waals surface area (Å²) in [5, 5.41) is 2.49. The molecule has 4 N–H and O–H groups in total. The predicted octanol–water partition coefficient (Wildman–Crippen LogP) is 5.07. The molecule has 74 heavy (non-hydrogen) atoms. The van der Waals surface area contributed by atoms with E-state index in [1.807, 2.05) is 78.9 Å². The molecule has 0 saturated carbocycles. The number of hydrogen-bond acceptors (Lipinski definition) is 13. The zero-order valence-electron chi connectivity index (χ0n) is 44.7. The van der Waals surface area contributed by atoms with Crippen molar-refractivity contribution in [1.29, 1.82) is 0 Å². The van der Waals surface area contributed by atoms with Crippen molar-refractivity contribution in [2.75, 3.05) is 47.1 Å². The number of rotatable bonds is 20. The molecule has 3 aromatic carbocycles. The molecular formula is C53H75N6O13PSi. The summed E-state index contributed by atoms with van der Waals surface area (Å²) in [5.74, 6) is 1.22. The lowest BCUT2D eigenvalue weighted by Gasteiger charge is -2.39. The normalized spacial score (nSPS) is 21.0. The number of methoxy groups -OCH3 is 2. The van der Waals surface area contributed by atoms with E-state index < -0.39 is 87.6 Å². The van der Waals surface area contributed by atoms with Gasteiger partial charge < -0.3 is 42.4 Å². The number of quaternary nitrogens is 1. The molecule has 2 aliphatic rings. The second-order valence-corrected chi connectivity index (χ2v) is 26.6. The fourth-order valence-corrected chi connectivity index (χ4v) is 11.0. The van der Waals surface area contributed by atoms with E-state index in [9.17, 15) is 28.6 Å². The lowest BCUT2D eigenvalue weighted by Crippen LogP contribution is -3.11. The summed E-state index contributed by atoms with van der Waals surface area (Å²) < 4.78 is 60.2. The van der Waals surface area contributed by atoms with Crippen molar-refractivity contribution in [3.05, 3.63) is 161 Å². The molecule has 5 aromatic rings. The van der Waals surface area contributed by atoms with E-state index in [2.05, 4.69) is 69.7 Å². The van der Waals surface area contributed by atoms with Gasteiger partial charge in [-0.2, -0.15) is 0 Å². The Balaban J connectivity index is 0.00000119. The van der Waals surface area contributed by atoms with Crippen LogP contribution in [0.4, 0.5) is 0 Å². The highest BCUT2D eigenvalue weighted by Gasteiger charge is 2.48. The third-order valence-electron chi connectivity index (χ3n) is 14.5. The van der Waals surface area contributed by atoms with Crippen molar-refractivity contribution in [2.45, 2.75) is 129 Å². The fourth-order valence-electron chi connectivity index (χ4n) is 8.86. The van der Waals surface area contributed by atoms with Gasteiger partial charge in [0.25, 0.3) is 11.1 Å². The molecule has 0 spiro atoms. The molecule has 2 aromatic heterocycles. The van der Waals surface area contributed by atoms with E-state index in [1.54, 1.807) is 33.0 Å². The van der Waals surface area contributed by atoms with E-state index in [4.69, 9.17) is 32.6 Å². The van der Waals surface area contributed by atoms with Gasteiger partial charge in [0.05, 0.1) is 59.3 Å². The Morgan fingerprint density at radius 2 is 1.18 bits per heavy atom. The number of nitrogens with one attached hydrogen (secondary N) is 4. The summed E-state index contributed by atoms with van der Waals surface area (Å²) in [5.41, 5.74) is -1.28. The second kappa shape index (κ2) is 24.6. The van der Waals surface area contributed by atoms with Gasteiger partial charge in [0, 0.05) is 42.4 Å². The Kier molecular flexibility index (Phi) is 19.3. The molecule has 2 aliphatic heterocycles. The van der Waals surface area contributed by atoms with Gasteiger partial charge in [0.2, 0.25) is 7.75 Å². The van der Waals surface area contributed by atoms with Crippen LogP contribution in [0.2, 0.25) is 18.1 Å². The first-order valence-electron chi connectivity index (χ1n) is 25.2. The number of aromatic amines is 2. The molecular weight excluding hydrogens is 988 g/mol. The van der Waals surface area contributed by atoms with Crippen molar-refractivity contribution < 1.29 is 47.0 Å². The number of aromatic nitrogens is 4. The number of aryl methyl sites for hydroxylation is 2. The molecule has 4 heterocycles. The number of H-pyrrole nitrogens is 2. The first kappa shape index (κ1) is 58.0. The van der Waals surface area contributed by atoms with Gasteiger partial charge in [-0.1, -0.05) is 75.4 Å². The number of benzene rings is 3. The second-order valence-electron chi connectivity index (χ2n) is 20.3. The van der Waals surface area contributed by atoms with Crippen LogP contribution in [0, 0.1) is 13.8 Å². The number of ether oxygens (including phenoxy) is 5. The summed E-state index contributed by atoms with van der Waals surface area (Å²) in [4.78, 5) is 71.5. The third-order valence-corrected chi connectivity index (χ3v) is 20.1. The molecule has 19 nitrogen and oxygen atoms in total. The average molecular weight is 1060 g/mol. The van der Waals surface area contributed by atoms with Crippen LogP contribution in [0.5, 0.6) is 11.5 Å². The van der Waals surface area contributed by atoms with Crippen molar-refractivity contribution >= 4 is 16.1 Å². The van der Waals surface area contributed by atoms with Crippen LogP contribution in [0.3, 0.4) is 0 Å². The molecule has 0 aliphatic carbocycles. The molecule has 7 rings (SSSR count). The van der Waals surface area contributed by atoms with E-state index in [1.165, 1.54) is 41.2 Å². The Morgan fingerprint density at radius 3 is 1.62 bits per heavy atom. The van der Waals surface area contributed by atoms with Crippen LogP contribution in [0.1, 0.15) is 94.7 Å². The van der Waals surface area contributed by atoms with Crippen molar-refractivity contribution in [2.24, 2.45) is 0 Å². The topological polar surface area (TPSA) is 231 Å². The SMILES string of the molecule is CC[NH+](CC)CC.COc1ccc(C(O[C@H]2C[C@H](n3cc(C)c(=O)[nH]c3=O)O[C@@H]2COP(=O)([O-])N[C@H]2C[C@H](n3cc(C)c(=O)[nH]c3=O)O[C@@H]2CO[Si](C)(C)C(C)(C)C)(c2ccccc2)c2ccc(OC)cc2)cc1. The molecule has 404 valence electrons. The van der Waals surface area contributed by atoms with Crippen molar-refractivity contribution in [1.82, 2.24) is 24.2 Å². The lowest BCUT2D eigenvalue weighted by atomic mass is 9.79. The molecule has 2 fully saturated rings. The monoisotopic (exact) mass is 1060 g/mol. The molecule has 0 bridgehead atoms. The molecule has 21 heteroatoms. The predicted molar refractivity (Wildman–Crippen MR) is 283 cm³/mol. The minimum Gasteiger partial charge on any atom is -0.766 e. The standard InChI is InChI=1S/C47H60N5O13PSi.C6H15N/c1-29-25-51(44(55)48-42(29)53)40-23-36(38(63-40)28-62-67(8,9)46(3,4)5)50-66(57,58)61-27-39-37(24-41(64-39)52-26-30(2)43(54)49-45(52)56)65-47(31-13-11-10-12-14-31,32-15-19-34(59-6)20-16-32)33-17-21-35(60-7)22-18-33;1-4-7(5-2)6-3/h10-22,25-26,36-41H,23-24,27-28H2,1-9H3,(H,48,53,55)(H,49,54,56)(H2,50,57,58);4-6H2,1-3H3/t36-,37-,38+,39+,40+,41+;/m0./s1. The Bertz CT molecular complexity index is 2860. The van der Waals surface area contributed by atoms with Crippen LogP contribution < -0.4 is 46.9 Å². The van der Waals surface area contributed by atoms with Crippen molar-refractivity contribution in [3.8, 4) is 11.5 Å². The van der Waals surface area contributed by atoms with Crippen molar-refractivity contribution in [3.63, 3.8) is 0 Å². The van der Waals surface area contributed by atoms with Gasteiger partial charge in [-0.25, -0.2) is 9.59 Å². The highest BCUT2D eigenvalue weighted by atomic mass is 31.2. The number of hydrogen-bond donors (Lipinski definition) is 4. The van der Waals surface area contributed by atoms with E-state index in [-0.39, 0.29) is 35.6 Å². The largest absolute Gasteiger partial charge is 0.766 e. The Morgan fingerprint density at radius 1 is 0.716 bits per heavy atom. The maximum atomic E-state index is 14.2. The van der Waals surface area contributed by atoms with E-state index in [0.717, 1.165) is 5.56 Å². The lowest BCUT2D eigenvalue weighted by molar-refractivity contribution is -0.894. The summed E-state index contributed by atoms with van der Waals surface area (Å²) in [7, 11) is -4.24. The Hall–Kier alpha value is -5.25. The fraction of sp³-hybridized carbons (Fsp3) is 0.509. The highest BCUT2D eigenvalue weighted by molar-refractivity contribution is 7.49. The maximum Gasteiger partial charge on any atom is 0.330 e. The van der Waals surface area contributed by atoms with E-state index >= 15 is 0 Å². The summed E-state index contributed by atoms with van der Waals surface area (Å²) in [6.45, 7) is 23.4. The smallest absolute Gasteiger partial charge is 0.330 e. The third kappa shape index (κ3) is 13.6. The minimum absolute atomic E-state index is 0.00194. The molecule has 1 unspecified atom stereocenters. The summed E-state index contributed by atoms with van der Waals surface area (Å²) in [6.07, 6.45) is -2.14. The molecule has 7 atom stereocenters. The zero-order chi connectivity index (χ0) is 54.2.